The summed E-state index contributed by atoms with van der Waals surface area (Å²) in [5.41, 5.74) is 2.75. The molecule has 6 heteroatoms. The van der Waals surface area contributed by atoms with Crippen molar-refractivity contribution in [2.45, 2.75) is 77.5 Å². The molecule has 0 spiro atoms. The van der Waals surface area contributed by atoms with E-state index in [-0.39, 0.29) is 18.9 Å². The van der Waals surface area contributed by atoms with Crippen molar-refractivity contribution in [3.05, 3.63) is 70.8 Å². The first kappa shape index (κ1) is 25.9. The minimum atomic E-state index is -0.907. The summed E-state index contributed by atoms with van der Waals surface area (Å²) >= 11 is 0. The average molecular weight is 447 g/mol. The van der Waals surface area contributed by atoms with Gasteiger partial charge in [-0.05, 0) is 48.1 Å². The van der Waals surface area contributed by atoms with Crippen LogP contribution in [0.2, 0.25) is 0 Å². The Bertz CT molecular complexity index is 824. The van der Waals surface area contributed by atoms with Gasteiger partial charge in [0.15, 0.2) is 0 Å². The van der Waals surface area contributed by atoms with Crippen molar-refractivity contribution in [2.75, 3.05) is 6.54 Å². The number of hydrogen-bond acceptors (Lipinski definition) is 3. The summed E-state index contributed by atoms with van der Waals surface area (Å²) < 4.78 is 27.3. The molecular weight excluding hydrogens is 410 g/mol. The number of hydrogen-bond donors (Lipinski definition) is 3. The molecule has 0 radical (unpaired) electrons. The monoisotopic (exact) mass is 446 g/mol. The van der Waals surface area contributed by atoms with Gasteiger partial charge in [-0.25, -0.2) is 8.78 Å². The largest absolute Gasteiger partial charge is 0.390 e. The Morgan fingerprint density at radius 2 is 1.69 bits per heavy atom. The van der Waals surface area contributed by atoms with E-state index in [1.165, 1.54) is 17.7 Å². The highest BCUT2D eigenvalue weighted by Gasteiger charge is 2.22. The minimum absolute atomic E-state index is 0.142. The van der Waals surface area contributed by atoms with Gasteiger partial charge in [-0.1, -0.05) is 57.4 Å². The number of halogens is 2. The maximum atomic E-state index is 13.6. The van der Waals surface area contributed by atoms with Gasteiger partial charge in [0.25, 0.3) is 0 Å². The lowest BCUT2D eigenvalue weighted by Gasteiger charge is -2.25. The molecule has 2 rings (SSSR count). The van der Waals surface area contributed by atoms with Gasteiger partial charge in [-0.2, -0.15) is 0 Å². The number of aryl methyl sites for hydroxylation is 1. The second-order valence-corrected chi connectivity index (χ2v) is 8.34. The molecule has 0 heterocycles. The van der Waals surface area contributed by atoms with Gasteiger partial charge in [0.1, 0.15) is 11.6 Å². The van der Waals surface area contributed by atoms with E-state index in [9.17, 15) is 18.7 Å². The molecule has 0 saturated heterocycles. The Morgan fingerprint density at radius 3 is 2.38 bits per heavy atom. The van der Waals surface area contributed by atoms with Crippen LogP contribution in [0.15, 0.2) is 42.5 Å². The first-order valence-corrected chi connectivity index (χ1v) is 11.6. The summed E-state index contributed by atoms with van der Waals surface area (Å²) in [4.78, 5) is 12.4. The van der Waals surface area contributed by atoms with Crippen molar-refractivity contribution < 1.29 is 18.7 Å². The Labute approximate surface area is 190 Å². The Balaban J connectivity index is 1.98. The smallest absolute Gasteiger partial charge is 0.220 e. The summed E-state index contributed by atoms with van der Waals surface area (Å²) in [5.74, 6) is -1.50. The molecule has 2 aromatic rings. The molecule has 0 aromatic heterocycles. The second kappa shape index (κ2) is 14.0. The van der Waals surface area contributed by atoms with Crippen molar-refractivity contribution in [3.8, 4) is 0 Å². The summed E-state index contributed by atoms with van der Waals surface area (Å²) in [6.45, 7) is 5.03. The molecule has 0 aliphatic carbocycles. The average Bonchev–Trinajstić information content (AvgIpc) is 2.75. The van der Waals surface area contributed by atoms with Gasteiger partial charge in [0.2, 0.25) is 5.91 Å². The molecule has 2 atom stereocenters. The number of aliphatic hydroxyl groups is 1. The first-order valence-electron chi connectivity index (χ1n) is 11.6. The molecule has 0 aliphatic heterocycles. The standard InChI is InChI=1S/C26H36F2N2O2/c1-3-5-6-7-11-26(32)30-24(15-21-13-22(27)16-23(28)14-21)25(31)18-29-17-20-10-8-9-19(4-2)12-20/h8-10,12-14,16,24-25,29,31H,3-7,11,15,17-18H2,1-2H3,(H,30,32)/t24-,25+/m0/s1. The highest BCUT2D eigenvalue weighted by molar-refractivity contribution is 5.76. The normalized spacial score (nSPS) is 13.0. The molecule has 0 unspecified atom stereocenters. The van der Waals surface area contributed by atoms with Crippen LogP contribution in [0.5, 0.6) is 0 Å². The van der Waals surface area contributed by atoms with Crippen molar-refractivity contribution in [3.63, 3.8) is 0 Å². The number of benzene rings is 2. The van der Waals surface area contributed by atoms with Gasteiger partial charge in [0.05, 0.1) is 12.1 Å². The lowest BCUT2D eigenvalue weighted by Crippen LogP contribution is -2.48. The maximum Gasteiger partial charge on any atom is 0.220 e. The van der Waals surface area contributed by atoms with Crippen LogP contribution in [0, 0.1) is 11.6 Å². The molecule has 2 aromatic carbocycles. The van der Waals surface area contributed by atoms with E-state index in [0.29, 0.717) is 18.5 Å². The number of rotatable bonds is 14. The Hall–Kier alpha value is -2.31. The predicted octanol–water partition coefficient (Wildman–Crippen LogP) is 4.68. The molecular formula is C26H36F2N2O2. The summed E-state index contributed by atoms with van der Waals surface area (Å²) in [6.07, 6.45) is 4.48. The van der Waals surface area contributed by atoms with Crippen molar-refractivity contribution >= 4 is 5.91 Å². The third-order valence-corrected chi connectivity index (χ3v) is 5.53. The van der Waals surface area contributed by atoms with Gasteiger partial charge in [-0.3, -0.25) is 4.79 Å². The van der Waals surface area contributed by atoms with Gasteiger partial charge in [0, 0.05) is 25.6 Å². The van der Waals surface area contributed by atoms with E-state index in [1.807, 2.05) is 12.1 Å². The van der Waals surface area contributed by atoms with E-state index < -0.39 is 23.8 Å². The minimum Gasteiger partial charge on any atom is -0.390 e. The molecule has 0 aliphatic rings. The first-order chi connectivity index (χ1) is 15.4. The van der Waals surface area contributed by atoms with Gasteiger partial charge >= 0.3 is 0 Å². The number of carbonyl (C=O) groups excluding carboxylic acids is 1. The van der Waals surface area contributed by atoms with Crippen LogP contribution in [0.1, 0.15) is 62.6 Å². The quantitative estimate of drug-likeness (QED) is 0.370. The van der Waals surface area contributed by atoms with E-state index in [4.69, 9.17) is 0 Å². The van der Waals surface area contributed by atoms with Crippen molar-refractivity contribution in [2.24, 2.45) is 0 Å². The zero-order valence-electron chi connectivity index (χ0n) is 19.2. The van der Waals surface area contributed by atoms with Crippen LogP contribution in [-0.4, -0.2) is 29.7 Å². The van der Waals surface area contributed by atoms with Crippen LogP contribution in [0.4, 0.5) is 8.78 Å². The Kier molecular flexibility index (Phi) is 11.3. The number of carbonyl (C=O) groups is 1. The van der Waals surface area contributed by atoms with E-state index in [2.05, 4.69) is 36.6 Å². The zero-order chi connectivity index (χ0) is 23.3. The molecule has 176 valence electrons. The zero-order valence-corrected chi connectivity index (χ0v) is 19.2. The highest BCUT2D eigenvalue weighted by atomic mass is 19.1. The summed E-state index contributed by atoms with van der Waals surface area (Å²) in [7, 11) is 0. The third-order valence-electron chi connectivity index (χ3n) is 5.53. The maximum absolute atomic E-state index is 13.6. The molecule has 32 heavy (non-hydrogen) atoms. The molecule has 0 fully saturated rings. The second-order valence-electron chi connectivity index (χ2n) is 8.34. The van der Waals surface area contributed by atoms with Crippen LogP contribution < -0.4 is 10.6 Å². The molecule has 0 bridgehead atoms. The molecule has 3 N–H and O–H groups in total. The van der Waals surface area contributed by atoms with Crippen LogP contribution >= 0.6 is 0 Å². The fourth-order valence-electron chi connectivity index (χ4n) is 3.72. The lowest BCUT2D eigenvalue weighted by molar-refractivity contribution is -0.122. The third kappa shape index (κ3) is 9.45. The fourth-order valence-corrected chi connectivity index (χ4v) is 3.72. The predicted molar refractivity (Wildman–Crippen MR) is 124 cm³/mol. The number of amides is 1. The topological polar surface area (TPSA) is 61.4 Å². The summed E-state index contributed by atoms with van der Waals surface area (Å²) in [6, 6.07) is 10.8. The lowest BCUT2D eigenvalue weighted by atomic mass is 10.00. The van der Waals surface area contributed by atoms with Crippen molar-refractivity contribution in [1.29, 1.82) is 0 Å². The number of nitrogens with one attached hydrogen (secondary N) is 2. The van der Waals surface area contributed by atoms with Crippen LogP contribution in [0.25, 0.3) is 0 Å². The van der Waals surface area contributed by atoms with Gasteiger partial charge in [-0.15, -0.1) is 0 Å². The van der Waals surface area contributed by atoms with Gasteiger partial charge < -0.3 is 15.7 Å². The SMILES string of the molecule is CCCCCCC(=O)N[C@@H](Cc1cc(F)cc(F)c1)[C@H](O)CNCc1cccc(CC)c1. The summed E-state index contributed by atoms with van der Waals surface area (Å²) in [5, 5.41) is 16.9. The van der Waals surface area contributed by atoms with E-state index in [0.717, 1.165) is 43.7 Å². The highest BCUT2D eigenvalue weighted by Crippen LogP contribution is 2.13. The fraction of sp³-hybridized carbons (Fsp3) is 0.500. The van der Waals surface area contributed by atoms with E-state index >= 15 is 0 Å². The number of unbranched alkanes of at least 4 members (excludes halogenated alkanes) is 3. The van der Waals surface area contributed by atoms with Crippen LogP contribution in [0.3, 0.4) is 0 Å². The van der Waals surface area contributed by atoms with E-state index in [1.54, 1.807) is 0 Å². The molecule has 4 nitrogen and oxygen atoms in total. The molecule has 1 amide bonds. The Morgan fingerprint density at radius 1 is 0.969 bits per heavy atom. The number of aliphatic hydroxyl groups excluding tert-OH is 1. The molecule has 0 saturated carbocycles. The van der Waals surface area contributed by atoms with Crippen molar-refractivity contribution in [1.82, 2.24) is 10.6 Å². The van der Waals surface area contributed by atoms with Crippen LogP contribution in [-0.2, 0) is 24.2 Å².